The number of amides is 1. The minimum Gasteiger partial charge on any atom is -0.369 e. The van der Waals surface area contributed by atoms with Crippen LogP contribution >= 0.6 is 0 Å². The number of halogens is 1. The van der Waals surface area contributed by atoms with Crippen LogP contribution in [0.3, 0.4) is 0 Å². The number of hydrogen-bond donors (Lipinski definition) is 0. The van der Waals surface area contributed by atoms with Crippen LogP contribution in [0, 0.1) is 23.1 Å². The van der Waals surface area contributed by atoms with E-state index in [-0.39, 0.29) is 29.2 Å². The van der Waals surface area contributed by atoms with Gasteiger partial charge in [0.2, 0.25) is 0 Å². The lowest BCUT2D eigenvalue weighted by molar-refractivity contribution is 0.0656. The molecule has 1 aromatic carbocycles. The van der Waals surface area contributed by atoms with Crippen LogP contribution in [-0.4, -0.2) is 46.5 Å². The van der Waals surface area contributed by atoms with Gasteiger partial charge in [-0.25, -0.2) is 9.37 Å². The third kappa shape index (κ3) is 3.82. The summed E-state index contributed by atoms with van der Waals surface area (Å²) in [5.74, 6) is -0.397. The minimum absolute atomic E-state index is 0.00393. The van der Waals surface area contributed by atoms with Crippen LogP contribution in [0.25, 0.3) is 11.0 Å². The molecule has 0 N–H and O–H groups in total. The largest absolute Gasteiger partial charge is 0.369 e. The molecule has 1 aliphatic rings. The number of hydrogen-bond acceptors (Lipinski definition) is 5. The molecule has 1 fully saturated rings. The summed E-state index contributed by atoms with van der Waals surface area (Å²) in [5.41, 5.74) is 2.60. The van der Waals surface area contributed by atoms with Gasteiger partial charge in [-0.15, -0.1) is 0 Å². The minimum atomic E-state index is -0.375. The summed E-state index contributed by atoms with van der Waals surface area (Å²) >= 11 is 0. The number of piperidine rings is 1. The number of aromatic nitrogens is 2. The summed E-state index contributed by atoms with van der Waals surface area (Å²) in [6, 6.07) is 12.6. The van der Waals surface area contributed by atoms with Gasteiger partial charge in [0.25, 0.3) is 11.5 Å². The molecule has 0 aliphatic carbocycles. The van der Waals surface area contributed by atoms with E-state index in [1.807, 2.05) is 0 Å². The van der Waals surface area contributed by atoms with Gasteiger partial charge in [0, 0.05) is 44.9 Å². The van der Waals surface area contributed by atoms with E-state index in [9.17, 15) is 19.2 Å². The number of anilines is 1. The topological polar surface area (TPSA) is 82.2 Å². The molecule has 4 rings (SSSR count). The number of pyridine rings is 2. The van der Waals surface area contributed by atoms with Crippen molar-refractivity contribution in [2.45, 2.75) is 19.4 Å². The third-order valence-corrected chi connectivity index (χ3v) is 6.29. The Morgan fingerprint density at radius 2 is 1.97 bits per heavy atom. The van der Waals surface area contributed by atoms with Gasteiger partial charge in [-0.3, -0.25) is 9.59 Å². The number of carbonyl (C=O) groups is 1. The van der Waals surface area contributed by atoms with Crippen molar-refractivity contribution in [3.8, 4) is 6.07 Å². The van der Waals surface area contributed by atoms with E-state index in [4.69, 9.17) is 0 Å². The zero-order valence-electron chi connectivity index (χ0n) is 18.2. The van der Waals surface area contributed by atoms with E-state index in [2.05, 4.69) is 22.9 Å². The molecule has 3 aromatic rings. The number of rotatable bonds is 3. The van der Waals surface area contributed by atoms with E-state index in [1.54, 1.807) is 37.2 Å². The number of nitrogens with zero attached hydrogens (tertiary/aromatic N) is 5. The molecule has 0 saturated carbocycles. The molecule has 0 unspecified atom stereocenters. The standard InChI is InChI=1S/C24H24FN5O2/c1-15-14-30(11-10-19(15)29(3)24(32)16-4-6-17(25)7-5-16)21-12-22(31)28(2)20-9-8-18(13-26)27-23(20)21/h4-9,12,15,19H,10-11,14H2,1-3H3/t15-,19+/m0/s1. The van der Waals surface area contributed by atoms with Crippen LogP contribution in [0.1, 0.15) is 29.4 Å². The van der Waals surface area contributed by atoms with Crippen molar-refractivity contribution in [1.82, 2.24) is 14.5 Å². The zero-order chi connectivity index (χ0) is 23.0. The second-order valence-corrected chi connectivity index (χ2v) is 8.31. The lowest BCUT2D eigenvalue weighted by Gasteiger charge is -2.42. The predicted octanol–water partition coefficient (Wildman–Crippen LogP) is 2.93. The predicted molar refractivity (Wildman–Crippen MR) is 120 cm³/mol. The van der Waals surface area contributed by atoms with Gasteiger partial charge in [-0.05, 0) is 48.7 Å². The highest BCUT2D eigenvalue weighted by Gasteiger charge is 2.32. The molecule has 3 heterocycles. The fourth-order valence-electron chi connectivity index (χ4n) is 4.49. The van der Waals surface area contributed by atoms with Gasteiger partial charge in [0.05, 0.1) is 11.2 Å². The van der Waals surface area contributed by atoms with Crippen molar-refractivity contribution in [3.63, 3.8) is 0 Å². The number of fused-ring (bicyclic) bond motifs is 1. The molecule has 2 aromatic heterocycles. The summed E-state index contributed by atoms with van der Waals surface area (Å²) in [5, 5.41) is 9.27. The Labute approximate surface area is 185 Å². The highest BCUT2D eigenvalue weighted by atomic mass is 19.1. The average molecular weight is 433 g/mol. The van der Waals surface area contributed by atoms with Crippen LogP contribution in [0.15, 0.2) is 47.3 Å². The summed E-state index contributed by atoms with van der Waals surface area (Å²) in [7, 11) is 3.46. The molecule has 0 spiro atoms. The van der Waals surface area contributed by atoms with Crippen molar-refractivity contribution >= 4 is 22.6 Å². The van der Waals surface area contributed by atoms with Crippen molar-refractivity contribution in [2.24, 2.45) is 13.0 Å². The Morgan fingerprint density at radius 3 is 2.62 bits per heavy atom. The maximum Gasteiger partial charge on any atom is 0.253 e. The summed E-state index contributed by atoms with van der Waals surface area (Å²) < 4.78 is 14.7. The van der Waals surface area contributed by atoms with Gasteiger partial charge in [0.1, 0.15) is 23.1 Å². The number of aryl methyl sites for hydroxylation is 1. The van der Waals surface area contributed by atoms with Gasteiger partial charge >= 0.3 is 0 Å². The van der Waals surface area contributed by atoms with Crippen molar-refractivity contribution in [1.29, 1.82) is 5.26 Å². The molecule has 1 amide bonds. The molecule has 0 bridgehead atoms. The molecule has 7 nitrogen and oxygen atoms in total. The highest BCUT2D eigenvalue weighted by molar-refractivity contribution is 5.94. The van der Waals surface area contributed by atoms with Crippen molar-refractivity contribution in [2.75, 3.05) is 25.0 Å². The first-order valence-electron chi connectivity index (χ1n) is 10.5. The molecule has 0 radical (unpaired) electrons. The van der Waals surface area contributed by atoms with Crippen LogP contribution < -0.4 is 10.5 Å². The Morgan fingerprint density at radius 1 is 1.25 bits per heavy atom. The SMILES string of the molecule is C[C@H]1CN(c2cc(=O)n(C)c3ccc(C#N)nc23)CC[C@H]1N(C)C(=O)c1ccc(F)cc1. The van der Waals surface area contributed by atoms with E-state index < -0.39 is 0 Å². The quantitative estimate of drug-likeness (QED) is 0.634. The maximum atomic E-state index is 13.2. The van der Waals surface area contributed by atoms with Crippen LogP contribution in [0.5, 0.6) is 0 Å². The van der Waals surface area contributed by atoms with Crippen molar-refractivity contribution in [3.05, 3.63) is 69.9 Å². The molecule has 164 valence electrons. The first-order chi connectivity index (χ1) is 15.3. The van der Waals surface area contributed by atoms with Crippen LogP contribution in [0.2, 0.25) is 0 Å². The second kappa shape index (κ2) is 8.42. The molecule has 8 heteroatoms. The van der Waals surface area contributed by atoms with Crippen LogP contribution in [0.4, 0.5) is 10.1 Å². The van der Waals surface area contributed by atoms with Crippen molar-refractivity contribution < 1.29 is 9.18 Å². The molecular formula is C24H24FN5O2. The van der Waals surface area contributed by atoms with Gasteiger partial charge in [0.15, 0.2) is 0 Å². The maximum absolute atomic E-state index is 13.2. The van der Waals surface area contributed by atoms with E-state index >= 15 is 0 Å². The first-order valence-corrected chi connectivity index (χ1v) is 10.5. The van der Waals surface area contributed by atoms with Gasteiger partial charge in [-0.1, -0.05) is 6.92 Å². The van der Waals surface area contributed by atoms with E-state index in [1.165, 1.54) is 28.8 Å². The highest BCUT2D eigenvalue weighted by Crippen LogP contribution is 2.30. The smallest absolute Gasteiger partial charge is 0.253 e. The Balaban J connectivity index is 1.60. The molecule has 1 aliphatic heterocycles. The summed E-state index contributed by atoms with van der Waals surface area (Å²) in [4.78, 5) is 33.7. The lowest BCUT2D eigenvalue weighted by Crippen LogP contribution is -2.51. The lowest BCUT2D eigenvalue weighted by atomic mass is 9.91. The first kappa shape index (κ1) is 21.5. The number of benzene rings is 1. The van der Waals surface area contributed by atoms with E-state index in [0.29, 0.717) is 47.5 Å². The van der Waals surface area contributed by atoms with E-state index in [0.717, 1.165) is 0 Å². The number of carbonyl (C=O) groups excluding carboxylic acids is 1. The monoisotopic (exact) mass is 433 g/mol. The summed E-state index contributed by atoms with van der Waals surface area (Å²) in [6.45, 7) is 3.34. The molecular weight excluding hydrogens is 409 g/mol. The van der Waals surface area contributed by atoms with Gasteiger partial charge < -0.3 is 14.4 Å². The zero-order valence-corrected chi connectivity index (χ0v) is 18.2. The third-order valence-electron chi connectivity index (χ3n) is 6.29. The fourth-order valence-corrected chi connectivity index (χ4v) is 4.49. The Bertz CT molecular complexity index is 1280. The molecule has 2 atom stereocenters. The number of nitriles is 1. The second-order valence-electron chi connectivity index (χ2n) is 8.31. The fraction of sp³-hybridized carbons (Fsp3) is 0.333. The molecule has 32 heavy (non-hydrogen) atoms. The summed E-state index contributed by atoms with van der Waals surface area (Å²) in [6.07, 6.45) is 0.708. The Kier molecular flexibility index (Phi) is 5.66. The average Bonchev–Trinajstić information content (AvgIpc) is 2.80. The Hall–Kier alpha value is -3.73. The van der Waals surface area contributed by atoms with Crippen LogP contribution in [-0.2, 0) is 7.05 Å². The molecule has 1 saturated heterocycles. The normalized spacial score (nSPS) is 18.4. The van der Waals surface area contributed by atoms with Gasteiger partial charge in [-0.2, -0.15) is 5.26 Å².